The Labute approximate surface area is 112 Å². The summed E-state index contributed by atoms with van der Waals surface area (Å²) in [5.74, 6) is 0. The van der Waals surface area contributed by atoms with Crippen molar-refractivity contribution in [3.63, 3.8) is 0 Å². The molecule has 0 aromatic heterocycles. The lowest BCUT2D eigenvalue weighted by atomic mass is 9.92. The van der Waals surface area contributed by atoms with E-state index in [1.807, 2.05) is 6.08 Å². The lowest BCUT2D eigenvalue weighted by Gasteiger charge is -2.13. The highest BCUT2D eigenvalue weighted by atomic mass is 14.1. The van der Waals surface area contributed by atoms with Crippen molar-refractivity contribution in [2.24, 2.45) is 0 Å². The predicted molar refractivity (Wildman–Crippen MR) is 83.6 cm³/mol. The summed E-state index contributed by atoms with van der Waals surface area (Å²) in [6.45, 7) is 14.7. The second-order valence-electron chi connectivity index (χ2n) is 4.80. The Morgan fingerprint density at radius 3 is 2.33 bits per heavy atom. The van der Waals surface area contributed by atoms with Crippen LogP contribution in [0.2, 0.25) is 0 Å². The van der Waals surface area contributed by atoms with Gasteiger partial charge in [-0.15, -0.1) is 0 Å². The van der Waals surface area contributed by atoms with Gasteiger partial charge in [0.25, 0.3) is 0 Å². The molecule has 1 rings (SSSR count). The van der Waals surface area contributed by atoms with Gasteiger partial charge in [0.1, 0.15) is 0 Å². The maximum absolute atomic E-state index is 3.88. The van der Waals surface area contributed by atoms with E-state index in [0.717, 1.165) is 6.42 Å². The first-order chi connectivity index (χ1) is 8.54. The highest BCUT2D eigenvalue weighted by Gasteiger charge is 2.07. The third-order valence-electron chi connectivity index (χ3n) is 3.51. The first-order valence-corrected chi connectivity index (χ1v) is 6.61. The van der Waals surface area contributed by atoms with Crippen molar-refractivity contribution in [1.29, 1.82) is 0 Å². The van der Waals surface area contributed by atoms with Crippen LogP contribution in [0.4, 0.5) is 0 Å². The molecule has 0 N–H and O–H groups in total. The van der Waals surface area contributed by atoms with Crippen molar-refractivity contribution >= 4 is 11.1 Å². The molecule has 0 amide bonds. The Hall–Kier alpha value is -1.56. The van der Waals surface area contributed by atoms with Gasteiger partial charge in [-0.05, 0) is 68.0 Å². The number of hydrogen-bond donors (Lipinski definition) is 0. The molecule has 0 atom stereocenters. The Bertz CT molecular complexity index is 495. The highest BCUT2D eigenvalue weighted by molar-refractivity contribution is 5.78. The van der Waals surface area contributed by atoms with Crippen molar-refractivity contribution in [3.05, 3.63) is 59.2 Å². The average Bonchev–Trinajstić information content (AvgIpc) is 2.39. The normalized spacial score (nSPS) is 11.3. The predicted octanol–water partition coefficient (Wildman–Crippen LogP) is 5.65. The van der Waals surface area contributed by atoms with Gasteiger partial charge in [0, 0.05) is 0 Å². The topological polar surface area (TPSA) is 0 Å². The summed E-state index contributed by atoms with van der Waals surface area (Å²) in [4.78, 5) is 0. The van der Waals surface area contributed by atoms with E-state index in [-0.39, 0.29) is 0 Å². The van der Waals surface area contributed by atoms with Gasteiger partial charge in [-0.1, -0.05) is 43.4 Å². The second-order valence-corrected chi connectivity index (χ2v) is 4.80. The summed E-state index contributed by atoms with van der Waals surface area (Å²) >= 11 is 0. The van der Waals surface area contributed by atoms with Crippen molar-refractivity contribution < 1.29 is 0 Å². The zero-order chi connectivity index (χ0) is 13.7. The van der Waals surface area contributed by atoms with Gasteiger partial charge in [0.15, 0.2) is 0 Å². The lowest BCUT2D eigenvalue weighted by Crippen LogP contribution is -1.94. The number of hydrogen-bond acceptors (Lipinski definition) is 0. The van der Waals surface area contributed by atoms with Crippen LogP contribution in [0.25, 0.3) is 11.1 Å². The largest absolute Gasteiger partial charge is 0.0985 e. The number of aryl methyl sites for hydroxylation is 1. The zero-order valence-electron chi connectivity index (χ0n) is 12.3. The molecule has 0 saturated carbocycles. The molecular formula is C18H24. The molecule has 96 valence electrons. The molecule has 0 aliphatic heterocycles. The van der Waals surface area contributed by atoms with E-state index in [9.17, 15) is 0 Å². The molecule has 0 nitrogen and oxygen atoms in total. The van der Waals surface area contributed by atoms with E-state index < -0.39 is 0 Å². The van der Waals surface area contributed by atoms with Crippen LogP contribution in [0.15, 0.2) is 42.5 Å². The van der Waals surface area contributed by atoms with E-state index in [4.69, 9.17) is 0 Å². The van der Waals surface area contributed by atoms with E-state index in [1.54, 1.807) is 0 Å². The molecule has 0 saturated heterocycles. The number of allylic oxidation sites excluding steroid dienone is 5. The Kier molecular flexibility index (Phi) is 5.15. The molecule has 0 spiro atoms. The van der Waals surface area contributed by atoms with Crippen LogP contribution in [0.5, 0.6) is 0 Å². The van der Waals surface area contributed by atoms with Gasteiger partial charge < -0.3 is 0 Å². The van der Waals surface area contributed by atoms with Gasteiger partial charge >= 0.3 is 0 Å². The molecule has 0 aliphatic rings. The van der Waals surface area contributed by atoms with Gasteiger partial charge in [0.05, 0.1) is 0 Å². The van der Waals surface area contributed by atoms with Crippen LogP contribution < -0.4 is 0 Å². The maximum atomic E-state index is 3.88. The van der Waals surface area contributed by atoms with Crippen LogP contribution >= 0.6 is 0 Å². The number of rotatable bonds is 4. The van der Waals surface area contributed by atoms with E-state index >= 15 is 0 Å². The van der Waals surface area contributed by atoms with Gasteiger partial charge in [-0.2, -0.15) is 0 Å². The molecule has 0 heterocycles. The first kappa shape index (κ1) is 14.5. The minimum Gasteiger partial charge on any atom is -0.0985 e. The highest BCUT2D eigenvalue weighted by Crippen LogP contribution is 2.27. The average molecular weight is 240 g/mol. The smallest absolute Gasteiger partial charge is 0.0181 e. The van der Waals surface area contributed by atoms with E-state index in [1.165, 1.54) is 33.4 Å². The third-order valence-corrected chi connectivity index (χ3v) is 3.51. The molecule has 0 bridgehead atoms. The standard InChI is InChI=1S/C18H24/c1-7-15(8-2)17-11-10-16(9-3)18(12-17)14(6)13(4)5/h7-8,10-12H,1,9H2,2-6H3/b15-8+. The van der Waals surface area contributed by atoms with Crippen LogP contribution in [0.1, 0.15) is 51.3 Å². The summed E-state index contributed by atoms with van der Waals surface area (Å²) in [5.41, 5.74) is 7.99. The molecule has 0 aliphatic carbocycles. The summed E-state index contributed by atoms with van der Waals surface area (Å²) in [6.07, 6.45) is 5.09. The molecule has 1 aromatic carbocycles. The van der Waals surface area contributed by atoms with Gasteiger partial charge in [0.2, 0.25) is 0 Å². The second kappa shape index (κ2) is 6.39. The quantitative estimate of drug-likeness (QED) is 0.596. The molecule has 1 aromatic rings. The summed E-state index contributed by atoms with van der Waals surface area (Å²) in [7, 11) is 0. The molecule has 0 unspecified atom stereocenters. The van der Waals surface area contributed by atoms with Crippen molar-refractivity contribution in [3.8, 4) is 0 Å². The van der Waals surface area contributed by atoms with Crippen LogP contribution in [0, 0.1) is 0 Å². The fourth-order valence-corrected chi connectivity index (χ4v) is 2.09. The number of benzene rings is 1. The Balaban J connectivity index is 3.44. The maximum Gasteiger partial charge on any atom is -0.0181 e. The summed E-state index contributed by atoms with van der Waals surface area (Å²) < 4.78 is 0. The Morgan fingerprint density at radius 2 is 1.89 bits per heavy atom. The van der Waals surface area contributed by atoms with Crippen LogP contribution in [-0.4, -0.2) is 0 Å². The fraction of sp³-hybridized carbons (Fsp3) is 0.333. The minimum atomic E-state index is 1.07. The summed E-state index contributed by atoms with van der Waals surface area (Å²) in [5, 5.41) is 0. The molecule has 18 heavy (non-hydrogen) atoms. The van der Waals surface area contributed by atoms with Crippen LogP contribution in [-0.2, 0) is 6.42 Å². The van der Waals surface area contributed by atoms with E-state index in [0.29, 0.717) is 0 Å². The van der Waals surface area contributed by atoms with Gasteiger partial charge in [-0.3, -0.25) is 0 Å². The third kappa shape index (κ3) is 3.01. The fourth-order valence-electron chi connectivity index (χ4n) is 2.09. The zero-order valence-corrected chi connectivity index (χ0v) is 12.3. The minimum absolute atomic E-state index is 1.07. The Morgan fingerprint density at radius 1 is 1.22 bits per heavy atom. The lowest BCUT2D eigenvalue weighted by molar-refractivity contribution is 1.12. The molecule has 0 heteroatoms. The van der Waals surface area contributed by atoms with Crippen molar-refractivity contribution in [2.45, 2.75) is 41.0 Å². The summed E-state index contributed by atoms with van der Waals surface area (Å²) in [6, 6.07) is 6.72. The molecular weight excluding hydrogens is 216 g/mol. The van der Waals surface area contributed by atoms with Crippen LogP contribution in [0.3, 0.4) is 0 Å². The van der Waals surface area contributed by atoms with Crippen molar-refractivity contribution in [2.75, 3.05) is 0 Å². The monoisotopic (exact) mass is 240 g/mol. The SMILES string of the molecule is C=C/C(=C\C)c1ccc(CC)c(C(C)=C(C)C)c1. The molecule has 0 radical (unpaired) electrons. The van der Waals surface area contributed by atoms with Gasteiger partial charge in [-0.25, -0.2) is 0 Å². The van der Waals surface area contributed by atoms with Crippen molar-refractivity contribution in [1.82, 2.24) is 0 Å². The van der Waals surface area contributed by atoms with E-state index in [2.05, 4.69) is 65.5 Å². The molecule has 0 fully saturated rings. The first-order valence-electron chi connectivity index (χ1n) is 6.61.